The lowest BCUT2D eigenvalue weighted by atomic mass is 10.0. The van der Waals surface area contributed by atoms with Crippen molar-refractivity contribution in [2.75, 3.05) is 6.54 Å². The molecule has 5 heteroatoms. The summed E-state index contributed by atoms with van der Waals surface area (Å²) >= 11 is 5.89. The first-order valence-corrected chi connectivity index (χ1v) is 5.68. The van der Waals surface area contributed by atoms with Gasteiger partial charge in [0.1, 0.15) is 0 Å². The highest BCUT2D eigenvalue weighted by Crippen LogP contribution is 2.25. The number of rotatable bonds is 4. The lowest BCUT2D eigenvalue weighted by molar-refractivity contribution is -0.137. The molecule has 1 aromatic carbocycles. The molecular weight excluding hydrogens is 240 g/mol. The molecule has 0 aliphatic heterocycles. The summed E-state index contributed by atoms with van der Waals surface area (Å²) in [7, 11) is 0. The zero-order chi connectivity index (χ0) is 12.4. The van der Waals surface area contributed by atoms with Crippen LogP contribution >= 0.6 is 11.6 Å². The molecule has 1 unspecified atom stereocenters. The van der Waals surface area contributed by atoms with Crippen molar-refractivity contribution in [3.63, 3.8) is 0 Å². The van der Waals surface area contributed by atoms with E-state index in [0.29, 0.717) is 11.6 Å². The van der Waals surface area contributed by atoms with Crippen molar-refractivity contribution in [3.8, 4) is 0 Å². The fraction of sp³-hybridized carbons (Fsp3) is 0.250. The Morgan fingerprint density at radius 2 is 2.24 bits per heavy atom. The Morgan fingerprint density at radius 1 is 1.47 bits per heavy atom. The van der Waals surface area contributed by atoms with Gasteiger partial charge in [-0.1, -0.05) is 11.6 Å². The topological polar surface area (TPSA) is 79.1 Å². The standard InChI is InChI=1S/C12H13ClN2O2/c13-9-1-2-10-7(3-9)4-11(15-10)8(6-14)5-12(16)17/h1-4,8,15H,5-6,14H2,(H,16,17). The van der Waals surface area contributed by atoms with Crippen molar-refractivity contribution in [1.29, 1.82) is 0 Å². The zero-order valence-corrected chi connectivity index (χ0v) is 9.87. The molecule has 1 atom stereocenters. The van der Waals surface area contributed by atoms with Gasteiger partial charge < -0.3 is 15.8 Å². The van der Waals surface area contributed by atoms with Crippen LogP contribution in [-0.2, 0) is 4.79 Å². The first kappa shape index (κ1) is 12.0. The zero-order valence-electron chi connectivity index (χ0n) is 9.11. The molecule has 0 amide bonds. The highest BCUT2D eigenvalue weighted by atomic mass is 35.5. The van der Waals surface area contributed by atoms with Crippen LogP contribution < -0.4 is 5.73 Å². The van der Waals surface area contributed by atoms with Crippen LogP contribution in [0.3, 0.4) is 0 Å². The van der Waals surface area contributed by atoms with Crippen molar-refractivity contribution < 1.29 is 9.90 Å². The number of hydrogen-bond acceptors (Lipinski definition) is 2. The summed E-state index contributed by atoms with van der Waals surface area (Å²) < 4.78 is 0. The maximum atomic E-state index is 10.7. The van der Waals surface area contributed by atoms with Gasteiger partial charge in [0.15, 0.2) is 0 Å². The first-order chi connectivity index (χ1) is 8.10. The number of hydrogen-bond donors (Lipinski definition) is 3. The predicted molar refractivity (Wildman–Crippen MR) is 67.4 cm³/mol. The second-order valence-corrected chi connectivity index (χ2v) is 4.42. The summed E-state index contributed by atoms with van der Waals surface area (Å²) in [6, 6.07) is 7.40. The number of nitrogens with one attached hydrogen (secondary N) is 1. The molecule has 0 spiro atoms. The van der Waals surface area contributed by atoms with Gasteiger partial charge in [-0.3, -0.25) is 4.79 Å². The molecule has 1 heterocycles. The first-order valence-electron chi connectivity index (χ1n) is 5.30. The summed E-state index contributed by atoms with van der Waals surface area (Å²) in [5, 5.41) is 10.4. The van der Waals surface area contributed by atoms with Gasteiger partial charge in [-0.25, -0.2) is 0 Å². The third-order valence-electron chi connectivity index (χ3n) is 2.75. The molecule has 0 aliphatic carbocycles. The van der Waals surface area contributed by atoms with Crippen molar-refractivity contribution in [1.82, 2.24) is 4.98 Å². The van der Waals surface area contributed by atoms with Crippen molar-refractivity contribution in [2.24, 2.45) is 5.73 Å². The van der Waals surface area contributed by atoms with Gasteiger partial charge in [0.25, 0.3) is 0 Å². The van der Waals surface area contributed by atoms with E-state index < -0.39 is 5.97 Å². The highest BCUT2D eigenvalue weighted by Gasteiger charge is 2.16. The van der Waals surface area contributed by atoms with Gasteiger partial charge in [0.2, 0.25) is 0 Å². The van der Waals surface area contributed by atoms with Crippen molar-refractivity contribution in [3.05, 3.63) is 35.0 Å². The minimum absolute atomic E-state index is 0.0249. The number of H-pyrrole nitrogens is 1. The third-order valence-corrected chi connectivity index (χ3v) is 2.98. The molecule has 0 bridgehead atoms. The van der Waals surface area contributed by atoms with E-state index in [-0.39, 0.29) is 12.3 Å². The van der Waals surface area contributed by atoms with Gasteiger partial charge in [-0.05, 0) is 24.3 Å². The van der Waals surface area contributed by atoms with Gasteiger partial charge in [-0.15, -0.1) is 0 Å². The molecule has 0 radical (unpaired) electrons. The Hall–Kier alpha value is -1.52. The molecule has 17 heavy (non-hydrogen) atoms. The largest absolute Gasteiger partial charge is 0.481 e. The Labute approximate surface area is 103 Å². The van der Waals surface area contributed by atoms with E-state index in [1.807, 2.05) is 18.2 Å². The minimum atomic E-state index is -0.850. The number of aromatic amines is 1. The van der Waals surface area contributed by atoms with Crippen LogP contribution in [0.25, 0.3) is 10.9 Å². The molecule has 90 valence electrons. The molecule has 2 aromatic rings. The van der Waals surface area contributed by atoms with Crippen LogP contribution in [0.4, 0.5) is 0 Å². The predicted octanol–water partition coefficient (Wildman–Crippen LogP) is 2.34. The maximum Gasteiger partial charge on any atom is 0.304 e. The fourth-order valence-electron chi connectivity index (χ4n) is 1.88. The van der Waals surface area contributed by atoms with E-state index in [9.17, 15) is 4.79 Å². The van der Waals surface area contributed by atoms with E-state index >= 15 is 0 Å². The van der Waals surface area contributed by atoms with E-state index in [1.54, 1.807) is 6.07 Å². The number of aromatic nitrogens is 1. The highest BCUT2D eigenvalue weighted by molar-refractivity contribution is 6.31. The molecule has 0 aliphatic rings. The fourth-order valence-corrected chi connectivity index (χ4v) is 2.06. The number of carboxylic acid groups (broad SMARTS) is 1. The molecule has 0 saturated carbocycles. The summed E-state index contributed by atoms with van der Waals surface area (Å²) in [5.74, 6) is -1.05. The van der Waals surface area contributed by atoms with E-state index in [2.05, 4.69) is 4.98 Å². The molecule has 4 N–H and O–H groups in total. The van der Waals surface area contributed by atoms with E-state index in [4.69, 9.17) is 22.4 Å². The van der Waals surface area contributed by atoms with Crippen LogP contribution in [0.5, 0.6) is 0 Å². The summed E-state index contributed by atoms with van der Waals surface area (Å²) in [6.07, 6.45) is 0.0249. The average Bonchev–Trinajstić information content (AvgIpc) is 2.68. The summed E-state index contributed by atoms with van der Waals surface area (Å²) in [4.78, 5) is 13.9. The van der Waals surface area contributed by atoms with Crippen molar-refractivity contribution >= 4 is 28.5 Å². The second-order valence-electron chi connectivity index (χ2n) is 3.99. The number of benzene rings is 1. The molecule has 0 fully saturated rings. The normalized spacial score (nSPS) is 12.8. The molecule has 4 nitrogen and oxygen atoms in total. The van der Waals surface area contributed by atoms with Gasteiger partial charge >= 0.3 is 5.97 Å². The number of halogens is 1. The summed E-state index contributed by atoms with van der Waals surface area (Å²) in [5.41, 5.74) is 7.37. The second kappa shape index (κ2) is 4.77. The smallest absolute Gasteiger partial charge is 0.304 e. The number of fused-ring (bicyclic) bond motifs is 1. The monoisotopic (exact) mass is 252 g/mol. The lowest BCUT2D eigenvalue weighted by Crippen LogP contribution is -2.16. The quantitative estimate of drug-likeness (QED) is 0.781. The van der Waals surface area contributed by atoms with Gasteiger partial charge in [0, 0.05) is 34.1 Å². The number of carbonyl (C=O) groups is 1. The molecule has 2 rings (SSSR count). The van der Waals surface area contributed by atoms with Crippen LogP contribution in [0.1, 0.15) is 18.0 Å². The van der Waals surface area contributed by atoms with Crippen LogP contribution in [0, 0.1) is 0 Å². The average molecular weight is 253 g/mol. The maximum absolute atomic E-state index is 10.7. The van der Waals surface area contributed by atoms with Crippen molar-refractivity contribution in [2.45, 2.75) is 12.3 Å². The molecule has 0 saturated heterocycles. The van der Waals surface area contributed by atoms with Crippen LogP contribution in [-0.4, -0.2) is 22.6 Å². The SMILES string of the molecule is NCC(CC(=O)O)c1cc2cc(Cl)ccc2[nH]1. The molecule has 1 aromatic heterocycles. The van der Waals surface area contributed by atoms with E-state index in [1.165, 1.54) is 0 Å². The van der Waals surface area contributed by atoms with E-state index in [0.717, 1.165) is 16.6 Å². The minimum Gasteiger partial charge on any atom is -0.481 e. The number of nitrogens with two attached hydrogens (primary N) is 1. The Kier molecular flexibility index (Phi) is 3.36. The Morgan fingerprint density at radius 3 is 2.88 bits per heavy atom. The van der Waals surface area contributed by atoms with Crippen LogP contribution in [0.15, 0.2) is 24.3 Å². The van der Waals surface area contributed by atoms with Crippen LogP contribution in [0.2, 0.25) is 5.02 Å². The van der Waals surface area contributed by atoms with Gasteiger partial charge in [-0.2, -0.15) is 0 Å². The summed E-state index contributed by atoms with van der Waals surface area (Å²) in [6.45, 7) is 0.298. The number of carboxylic acids is 1. The Bertz CT molecular complexity index is 550. The third kappa shape index (κ3) is 2.60. The Balaban J connectivity index is 2.37. The van der Waals surface area contributed by atoms with Gasteiger partial charge in [0.05, 0.1) is 6.42 Å². The number of aliphatic carboxylic acids is 1. The molecular formula is C12H13ClN2O2. The lowest BCUT2D eigenvalue weighted by Gasteiger charge is -2.09.